The topological polar surface area (TPSA) is 83.1 Å². The van der Waals surface area contributed by atoms with Crippen LogP contribution in [-0.4, -0.2) is 45.5 Å². The average Bonchev–Trinajstić information content (AvgIpc) is 2.98. The first-order valence-corrected chi connectivity index (χ1v) is 17.0. The molecule has 1 atom stereocenters. The second-order valence-electron chi connectivity index (χ2n) is 12.2. The van der Waals surface area contributed by atoms with Crippen LogP contribution in [0.2, 0.25) is 0 Å². The number of rotatable bonds is 22. The van der Waals surface area contributed by atoms with Crippen LogP contribution in [0.1, 0.15) is 135 Å². The zero-order valence-electron chi connectivity index (χ0n) is 28.6. The Hall–Kier alpha value is -2.80. The summed E-state index contributed by atoms with van der Waals surface area (Å²) in [6, 6.07) is 6.03. The molecule has 1 aromatic carbocycles. The molecule has 0 aromatic heterocycles. The Morgan fingerprint density at radius 1 is 0.773 bits per heavy atom. The number of carbonyl (C=O) groups is 2. The molecule has 7 nitrogen and oxygen atoms in total. The second-order valence-corrected chi connectivity index (χ2v) is 12.2. The SMILES string of the molecule is CCCCCCCCCCCCCCCc1cccc(OC(C)C)c1C1C(C(=O)OC)=C(C)NC(C)=C1C(=O)OCCOC. The third-order valence-electron chi connectivity index (χ3n) is 8.26. The third-order valence-corrected chi connectivity index (χ3v) is 8.26. The number of dihydropyridines is 1. The van der Waals surface area contributed by atoms with Gasteiger partial charge in [0, 0.05) is 24.1 Å². The van der Waals surface area contributed by atoms with Crippen LogP contribution in [0, 0.1) is 0 Å². The number of methoxy groups -OCH3 is 2. The molecule has 1 unspecified atom stereocenters. The highest BCUT2D eigenvalue weighted by Gasteiger charge is 2.40. The quantitative estimate of drug-likeness (QED) is 0.103. The molecule has 0 bridgehead atoms. The molecule has 7 heteroatoms. The maximum Gasteiger partial charge on any atom is 0.336 e. The lowest BCUT2D eigenvalue weighted by Gasteiger charge is -2.32. The molecule has 1 N–H and O–H groups in total. The molecule has 0 amide bonds. The summed E-state index contributed by atoms with van der Waals surface area (Å²) >= 11 is 0. The van der Waals surface area contributed by atoms with Crippen LogP contribution < -0.4 is 10.1 Å². The number of nitrogens with one attached hydrogen (secondary N) is 1. The van der Waals surface area contributed by atoms with E-state index >= 15 is 0 Å². The van der Waals surface area contributed by atoms with Crippen molar-refractivity contribution in [1.82, 2.24) is 5.32 Å². The first kappa shape index (κ1) is 37.4. The second kappa shape index (κ2) is 21.0. The number of unbranched alkanes of at least 4 members (excludes halogenated alkanes) is 12. The maximum absolute atomic E-state index is 13.6. The molecule has 44 heavy (non-hydrogen) atoms. The Balaban J connectivity index is 2.22. The number of hydrogen-bond donors (Lipinski definition) is 1. The van der Waals surface area contributed by atoms with Crippen molar-refractivity contribution >= 4 is 11.9 Å². The highest BCUT2D eigenvalue weighted by Crippen LogP contribution is 2.45. The van der Waals surface area contributed by atoms with Crippen LogP contribution in [0.25, 0.3) is 0 Å². The first-order valence-electron chi connectivity index (χ1n) is 17.0. The van der Waals surface area contributed by atoms with E-state index in [9.17, 15) is 9.59 Å². The molecule has 0 saturated carbocycles. The highest BCUT2D eigenvalue weighted by atomic mass is 16.6. The van der Waals surface area contributed by atoms with Gasteiger partial charge in [0.15, 0.2) is 0 Å². The third kappa shape index (κ3) is 11.9. The average molecular weight is 614 g/mol. The molecular formula is C37H59NO6. The van der Waals surface area contributed by atoms with Crippen molar-refractivity contribution in [3.8, 4) is 5.75 Å². The standard InChI is InChI=1S/C37H59NO6/c1-8-9-10-11-12-13-14-15-16-17-18-19-20-22-30-23-21-24-31(44-27(2)3)34(30)35-32(36(39)42-7)28(4)38-29(5)33(35)37(40)43-26-25-41-6/h21,23-24,27,35,38H,8-20,22,25-26H2,1-7H3. The number of ether oxygens (including phenoxy) is 4. The molecular weight excluding hydrogens is 554 g/mol. The summed E-state index contributed by atoms with van der Waals surface area (Å²) in [6.07, 6.45) is 17.6. The fourth-order valence-corrected chi connectivity index (χ4v) is 6.05. The number of hydrogen-bond acceptors (Lipinski definition) is 7. The molecule has 248 valence electrons. The zero-order valence-corrected chi connectivity index (χ0v) is 28.6. The van der Waals surface area contributed by atoms with E-state index in [2.05, 4.69) is 18.3 Å². The number of esters is 2. The molecule has 1 aromatic rings. The molecule has 0 saturated heterocycles. The van der Waals surface area contributed by atoms with E-state index in [1.165, 1.54) is 77.7 Å². The fourth-order valence-electron chi connectivity index (χ4n) is 6.05. The van der Waals surface area contributed by atoms with Gasteiger partial charge >= 0.3 is 11.9 Å². The van der Waals surface area contributed by atoms with Crippen molar-refractivity contribution < 1.29 is 28.5 Å². The number of aryl methyl sites for hydroxylation is 1. The van der Waals surface area contributed by atoms with Crippen LogP contribution in [-0.2, 0) is 30.2 Å². The lowest BCUT2D eigenvalue weighted by molar-refractivity contribution is -0.140. The lowest BCUT2D eigenvalue weighted by Crippen LogP contribution is -2.33. The van der Waals surface area contributed by atoms with Gasteiger partial charge in [0.1, 0.15) is 12.4 Å². The summed E-state index contributed by atoms with van der Waals surface area (Å²) in [7, 11) is 2.93. The summed E-state index contributed by atoms with van der Waals surface area (Å²) in [5, 5.41) is 3.23. The van der Waals surface area contributed by atoms with Gasteiger partial charge in [-0.05, 0) is 52.2 Å². The van der Waals surface area contributed by atoms with E-state index in [4.69, 9.17) is 18.9 Å². The normalized spacial score (nSPS) is 15.0. The molecule has 0 radical (unpaired) electrons. The molecule has 1 heterocycles. The van der Waals surface area contributed by atoms with Crippen molar-refractivity contribution in [3.63, 3.8) is 0 Å². The number of benzene rings is 1. The summed E-state index contributed by atoms with van der Waals surface area (Å²) in [5.74, 6) is -0.993. The Morgan fingerprint density at radius 2 is 1.32 bits per heavy atom. The Morgan fingerprint density at radius 3 is 1.84 bits per heavy atom. The van der Waals surface area contributed by atoms with Crippen LogP contribution in [0.3, 0.4) is 0 Å². The number of allylic oxidation sites excluding steroid dienone is 2. The van der Waals surface area contributed by atoms with E-state index in [0.29, 0.717) is 28.3 Å². The lowest BCUT2D eigenvalue weighted by atomic mass is 9.77. The van der Waals surface area contributed by atoms with Crippen LogP contribution in [0.5, 0.6) is 5.75 Å². The van der Waals surface area contributed by atoms with Crippen molar-refractivity contribution in [1.29, 1.82) is 0 Å². The minimum atomic E-state index is -0.689. The molecule has 0 spiro atoms. The number of carbonyl (C=O) groups excluding carboxylic acids is 2. The predicted molar refractivity (Wildman–Crippen MR) is 178 cm³/mol. The van der Waals surface area contributed by atoms with E-state index in [1.54, 1.807) is 7.11 Å². The van der Waals surface area contributed by atoms with Gasteiger partial charge in [-0.1, -0.05) is 96.1 Å². The Bertz CT molecular complexity index is 1090. The summed E-state index contributed by atoms with van der Waals surface area (Å²) in [5.41, 5.74) is 3.98. The summed E-state index contributed by atoms with van der Waals surface area (Å²) in [4.78, 5) is 26.8. The largest absolute Gasteiger partial charge is 0.491 e. The predicted octanol–water partition coefficient (Wildman–Crippen LogP) is 8.70. The first-order chi connectivity index (χ1) is 21.3. The van der Waals surface area contributed by atoms with Gasteiger partial charge in [-0.3, -0.25) is 0 Å². The highest BCUT2D eigenvalue weighted by molar-refractivity contribution is 6.00. The van der Waals surface area contributed by atoms with Crippen molar-refractivity contribution in [2.45, 2.75) is 137 Å². The molecule has 0 fully saturated rings. The minimum Gasteiger partial charge on any atom is -0.491 e. The Labute approximate surface area is 267 Å². The van der Waals surface area contributed by atoms with Gasteiger partial charge in [0.25, 0.3) is 0 Å². The van der Waals surface area contributed by atoms with Crippen molar-refractivity contribution in [2.75, 3.05) is 27.4 Å². The smallest absolute Gasteiger partial charge is 0.336 e. The van der Waals surface area contributed by atoms with Gasteiger partial charge in [-0.25, -0.2) is 9.59 Å². The van der Waals surface area contributed by atoms with E-state index < -0.39 is 17.9 Å². The van der Waals surface area contributed by atoms with Gasteiger partial charge < -0.3 is 24.3 Å². The van der Waals surface area contributed by atoms with Crippen LogP contribution >= 0.6 is 0 Å². The Kier molecular flexibility index (Phi) is 17.9. The maximum atomic E-state index is 13.6. The monoisotopic (exact) mass is 613 g/mol. The molecule has 1 aliphatic heterocycles. The zero-order chi connectivity index (χ0) is 32.3. The van der Waals surface area contributed by atoms with Crippen LogP contribution in [0.15, 0.2) is 40.7 Å². The molecule has 2 rings (SSSR count). The van der Waals surface area contributed by atoms with Crippen molar-refractivity contribution in [3.05, 3.63) is 51.9 Å². The molecule has 1 aliphatic rings. The van der Waals surface area contributed by atoms with E-state index in [-0.39, 0.29) is 19.3 Å². The van der Waals surface area contributed by atoms with Gasteiger partial charge in [-0.15, -0.1) is 0 Å². The molecule has 0 aliphatic carbocycles. The minimum absolute atomic E-state index is 0.0871. The van der Waals surface area contributed by atoms with Crippen LogP contribution in [0.4, 0.5) is 0 Å². The summed E-state index contributed by atoms with van der Waals surface area (Å²) < 4.78 is 22.3. The van der Waals surface area contributed by atoms with Gasteiger partial charge in [0.2, 0.25) is 0 Å². The fraction of sp³-hybridized carbons (Fsp3) is 0.676. The van der Waals surface area contributed by atoms with E-state index in [1.807, 2.05) is 39.8 Å². The van der Waals surface area contributed by atoms with E-state index in [0.717, 1.165) is 30.4 Å². The van der Waals surface area contributed by atoms with Gasteiger partial charge in [0.05, 0.1) is 36.9 Å². The van der Waals surface area contributed by atoms with Crippen molar-refractivity contribution in [2.24, 2.45) is 0 Å². The van der Waals surface area contributed by atoms with Gasteiger partial charge in [-0.2, -0.15) is 0 Å². The summed E-state index contributed by atoms with van der Waals surface area (Å²) in [6.45, 7) is 10.3.